The topological polar surface area (TPSA) is 69.2 Å². The van der Waals surface area contributed by atoms with Crippen LogP contribution in [0.1, 0.15) is 62.1 Å². The first-order valence-corrected chi connectivity index (χ1v) is 9.08. The first-order valence-electron chi connectivity index (χ1n) is 9.08. The maximum atomic E-state index is 12.8. The Hall–Kier alpha value is -1.88. The van der Waals surface area contributed by atoms with E-state index in [0.717, 1.165) is 55.6 Å². The number of nitrogens with one attached hydrogen (secondary N) is 1. The lowest BCUT2D eigenvalue weighted by Crippen LogP contribution is -2.32. The third kappa shape index (κ3) is 4.81. The molecule has 24 heavy (non-hydrogen) atoms. The van der Waals surface area contributed by atoms with Crippen molar-refractivity contribution >= 4 is 16.9 Å². The molecule has 1 heterocycles. The highest BCUT2D eigenvalue weighted by Gasteiger charge is 2.16. The molecule has 0 spiro atoms. The van der Waals surface area contributed by atoms with Gasteiger partial charge in [-0.3, -0.25) is 4.79 Å². The highest BCUT2D eigenvalue weighted by molar-refractivity contribution is 5.97. The van der Waals surface area contributed by atoms with Crippen molar-refractivity contribution in [3.8, 4) is 0 Å². The van der Waals surface area contributed by atoms with Crippen LogP contribution in [0.4, 0.5) is 0 Å². The van der Waals surface area contributed by atoms with Crippen LogP contribution in [-0.2, 0) is 6.42 Å². The third-order valence-electron chi connectivity index (χ3n) is 4.20. The summed E-state index contributed by atoms with van der Waals surface area (Å²) in [4.78, 5) is 22.6. The molecule has 1 amide bonds. The van der Waals surface area contributed by atoms with Gasteiger partial charge in [-0.05, 0) is 37.5 Å². The molecule has 0 bridgehead atoms. The number of fused-ring (bicyclic) bond motifs is 1. The number of carbonyl (C=O) groups is 1. The molecule has 2 N–H and O–H groups in total. The van der Waals surface area contributed by atoms with E-state index in [1.807, 2.05) is 23.1 Å². The first-order chi connectivity index (χ1) is 11.7. The van der Waals surface area contributed by atoms with Crippen LogP contribution in [0.25, 0.3) is 11.0 Å². The van der Waals surface area contributed by atoms with E-state index in [2.05, 4.69) is 23.8 Å². The molecule has 5 heteroatoms. The summed E-state index contributed by atoms with van der Waals surface area (Å²) in [5.74, 6) is 0.961. The number of imidazole rings is 1. The molecule has 1 aromatic carbocycles. The van der Waals surface area contributed by atoms with Crippen molar-refractivity contribution in [3.05, 3.63) is 29.6 Å². The number of H-pyrrole nitrogens is 1. The van der Waals surface area contributed by atoms with Crippen LogP contribution in [0.3, 0.4) is 0 Å². The van der Waals surface area contributed by atoms with E-state index in [1.54, 1.807) is 0 Å². The quantitative estimate of drug-likeness (QED) is 0.700. The van der Waals surface area contributed by atoms with Crippen molar-refractivity contribution in [2.24, 2.45) is 0 Å². The number of benzene rings is 1. The number of aliphatic hydroxyl groups is 1. The molecule has 0 saturated carbocycles. The van der Waals surface area contributed by atoms with Crippen LogP contribution in [0, 0.1) is 0 Å². The van der Waals surface area contributed by atoms with Crippen LogP contribution in [-0.4, -0.2) is 45.6 Å². The normalized spacial score (nSPS) is 11.1. The fourth-order valence-corrected chi connectivity index (χ4v) is 2.76. The molecule has 132 valence electrons. The highest BCUT2D eigenvalue weighted by Crippen LogP contribution is 2.17. The summed E-state index contributed by atoms with van der Waals surface area (Å²) in [6, 6.07) is 5.67. The van der Waals surface area contributed by atoms with E-state index in [9.17, 15) is 4.79 Å². The molecule has 1 aromatic heterocycles. The van der Waals surface area contributed by atoms with E-state index in [1.165, 1.54) is 0 Å². The van der Waals surface area contributed by atoms with E-state index >= 15 is 0 Å². The lowest BCUT2D eigenvalue weighted by Gasteiger charge is -2.22. The predicted molar refractivity (Wildman–Crippen MR) is 97.2 cm³/mol. The van der Waals surface area contributed by atoms with Gasteiger partial charge in [0.25, 0.3) is 5.91 Å². The Labute approximate surface area is 144 Å². The minimum absolute atomic E-state index is 0.102. The molecule has 5 nitrogen and oxygen atoms in total. The predicted octanol–water partition coefficient (Wildman–Crippen LogP) is 3.53. The van der Waals surface area contributed by atoms with E-state index in [0.29, 0.717) is 18.4 Å². The Kier molecular flexibility index (Phi) is 7.25. The summed E-state index contributed by atoms with van der Waals surface area (Å²) in [7, 11) is 0. The van der Waals surface area contributed by atoms with Gasteiger partial charge in [0, 0.05) is 31.7 Å². The number of hydrogen-bond acceptors (Lipinski definition) is 3. The van der Waals surface area contributed by atoms with Crippen LogP contribution >= 0.6 is 0 Å². The first kappa shape index (κ1) is 18.5. The molecule has 0 unspecified atom stereocenters. The molecule has 2 rings (SSSR count). The second-order valence-electron chi connectivity index (χ2n) is 6.24. The van der Waals surface area contributed by atoms with Gasteiger partial charge in [-0.2, -0.15) is 0 Å². The molecular formula is C19H29N3O2. The Bertz CT molecular complexity index is 643. The maximum Gasteiger partial charge on any atom is 0.253 e. The Morgan fingerprint density at radius 2 is 1.88 bits per heavy atom. The average Bonchev–Trinajstić information content (AvgIpc) is 3.01. The summed E-state index contributed by atoms with van der Waals surface area (Å²) in [6.45, 7) is 6.08. The number of aryl methyl sites for hydroxylation is 1. The molecule has 0 aliphatic carbocycles. The number of hydrogen-bond donors (Lipinski definition) is 2. The van der Waals surface area contributed by atoms with Gasteiger partial charge in [0.15, 0.2) is 0 Å². The van der Waals surface area contributed by atoms with Gasteiger partial charge < -0.3 is 15.0 Å². The number of aliphatic hydroxyl groups excluding tert-OH is 1. The van der Waals surface area contributed by atoms with Crippen molar-refractivity contribution in [3.63, 3.8) is 0 Å². The van der Waals surface area contributed by atoms with Crippen molar-refractivity contribution in [2.45, 2.75) is 52.4 Å². The second-order valence-corrected chi connectivity index (χ2v) is 6.24. The summed E-state index contributed by atoms with van der Waals surface area (Å²) in [5, 5.41) is 8.93. The van der Waals surface area contributed by atoms with Gasteiger partial charge in [-0.25, -0.2) is 4.98 Å². The van der Waals surface area contributed by atoms with Gasteiger partial charge in [-0.15, -0.1) is 0 Å². The van der Waals surface area contributed by atoms with Gasteiger partial charge in [0.05, 0.1) is 11.0 Å². The summed E-state index contributed by atoms with van der Waals surface area (Å²) in [6.07, 6.45) is 5.65. The fourth-order valence-electron chi connectivity index (χ4n) is 2.76. The van der Waals surface area contributed by atoms with Gasteiger partial charge in [-0.1, -0.05) is 26.7 Å². The lowest BCUT2D eigenvalue weighted by molar-refractivity contribution is 0.0751. The van der Waals surface area contributed by atoms with E-state index < -0.39 is 0 Å². The van der Waals surface area contributed by atoms with Crippen LogP contribution in [0.5, 0.6) is 0 Å². The Balaban J connectivity index is 2.16. The van der Waals surface area contributed by atoms with Crippen LogP contribution < -0.4 is 0 Å². The zero-order valence-corrected chi connectivity index (χ0v) is 14.8. The lowest BCUT2D eigenvalue weighted by atomic mass is 10.1. The highest BCUT2D eigenvalue weighted by atomic mass is 16.2. The molecular weight excluding hydrogens is 302 g/mol. The molecule has 0 aliphatic heterocycles. The number of aromatic nitrogens is 2. The number of carbonyl (C=O) groups excluding carboxylic acids is 1. The molecule has 0 radical (unpaired) electrons. The summed E-state index contributed by atoms with van der Waals surface area (Å²) >= 11 is 0. The number of unbranched alkanes of at least 4 members (excludes halogenated alkanes) is 2. The summed E-state index contributed by atoms with van der Waals surface area (Å²) in [5.41, 5.74) is 2.47. The zero-order valence-electron chi connectivity index (χ0n) is 14.8. The Morgan fingerprint density at radius 1 is 1.17 bits per heavy atom. The minimum Gasteiger partial charge on any atom is -0.396 e. The Morgan fingerprint density at radius 3 is 2.50 bits per heavy atom. The molecule has 0 saturated heterocycles. The van der Waals surface area contributed by atoms with Gasteiger partial charge in [0.1, 0.15) is 5.82 Å². The minimum atomic E-state index is 0.102. The molecule has 0 atom stereocenters. The van der Waals surface area contributed by atoms with Gasteiger partial charge >= 0.3 is 0 Å². The van der Waals surface area contributed by atoms with Crippen molar-refractivity contribution in [1.82, 2.24) is 14.9 Å². The molecule has 0 fully saturated rings. The van der Waals surface area contributed by atoms with E-state index in [4.69, 9.17) is 5.11 Å². The third-order valence-corrected chi connectivity index (χ3v) is 4.20. The SMILES string of the molecule is CCCCN(CCCC)C(=O)c1ccc2nc(CCCO)[nH]c2c1. The maximum absolute atomic E-state index is 12.8. The zero-order chi connectivity index (χ0) is 17.4. The van der Waals surface area contributed by atoms with Crippen LogP contribution in [0.2, 0.25) is 0 Å². The molecule has 0 aliphatic rings. The van der Waals surface area contributed by atoms with E-state index in [-0.39, 0.29) is 12.5 Å². The number of amides is 1. The largest absolute Gasteiger partial charge is 0.396 e. The van der Waals surface area contributed by atoms with Crippen molar-refractivity contribution < 1.29 is 9.90 Å². The second kappa shape index (κ2) is 9.42. The summed E-state index contributed by atoms with van der Waals surface area (Å²) < 4.78 is 0. The number of nitrogens with zero attached hydrogens (tertiary/aromatic N) is 2. The van der Waals surface area contributed by atoms with Crippen LogP contribution in [0.15, 0.2) is 18.2 Å². The fraction of sp³-hybridized carbons (Fsp3) is 0.579. The smallest absolute Gasteiger partial charge is 0.253 e. The van der Waals surface area contributed by atoms with Gasteiger partial charge in [0.2, 0.25) is 0 Å². The average molecular weight is 331 g/mol. The monoisotopic (exact) mass is 331 g/mol. The number of rotatable bonds is 10. The number of aromatic amines is 1. The van der Waals surface area contributed by atoms with Crippen molar-refractivity contribution in [2.75, 3.05) is 19.7 Å². The van der Waals surface area contributed by atoms with Crippen molar-refractivity contribution in [1.29, 1.82) is 0 Å². The standard InChI is InChI=1S/C19H29N3O2/c1-3-5-11-22(12-6-4-2)19(24)15-9-10-16-17(14-15)21-18(20-16)8-7-13-23/h9-10,14,23H,3-8,11-13H2,1-2H3,(H,20,21). The molecule has 2 aromatic rings.